The Morgan fingerprint density at radius 1 is 1.62 bits per heavy atom. The summed E-state index contributed by atoms with van der Waals surface area (Å²) in [6.07, 6.45) is -0.496. The van der Waals surface area contributed by atoms with Crippen LogP contribution in [0.5, 0.6) is 0 Å². The highest BCUT2D eigenvalue weighted by atomic mass is 32.1. The monoisotopic (exact) mass is 200 g/mol. The second kappa shape index (κ2) is 4.56. The number of hydrogen-bond donors (Lipinski definition) is 2. The standard InChI is InChI=1S/C7H8N2O3S/c10-6(1-7(11)12)8-2-5-3-13-4-9-5/h3-4H,1-2H2,(H,8,10)(H,11,12). The Bertz CT molecular complexity index is 297. The molecule has 0 unspecified atom stereocenters. The van der Waals surface area contributed by atoms with Gasteiger partial charge in [0.25, 0.3) is 0 Å². The number of carbonyl (C=O) groups is 2. The van der Waals surface area contributed by atoms with E-state index >= 15 is 0 Å². The highest BCUT2D eigenvalue weighted by Gasteiger charge is 2.06. The number of nitrogens with one attached hydrogen (secondary N) is 1. The topological polar surface area (TPSA) is 79.3 Å². The molecule has 70 valence electrons. The van der Waals surface area contributed by atoms with E-state index in [1.807, 2.05) is 0 Å². The van der Waals surface area contributed by atoms with Crippen LogP contribution < -0.4 is 5.32 Å². The van der Waals surface area contributed by atoms with Crippen LogP contribution in [0.4, 0.5) is 0 Å². The fourth-order valence-electron chi connectivity index (χ4n) is 0.714. The Morgan fingerprint density at radius 2 is 2.38 bits per heavy atom. The Labute approximate surface area is 78.4 Å². The predicted molar refractivity (Wildman–Crippen MR) is 46.2 cm³/mol. The number of rotatable bonds is 4. The van der Waals surface area contributed by atoms with Crippen molar-refractivity contribution in [3.8, 4) is 0 Å². The zero-order chi connectivity index (χ0) is 9.68. The van der Waals surface area contributed by atoms with E-state index in [1.165, 1.54) is 11.3 Å². The molecule has 6 heteroatoms. The smallest absolute Gasteiger partial charge is 0.312 e. The predicted octanol–water partition coefficient (Wildman–Crippen LogP) is 0.234. The van der Waals surface area contributed by atoms with E-state index in [9.17, 15) is 9.59 Å². The van der Waals surface area contributed by atoms with Gasteiger partial charge in [0.2, 0.25) is 5.91 Å². The van der Waals surface area contributed by atoms with Crippen LogP contribution in [0.2, 0.25) is 0 Å². The highest BCUT2D eigenvalue weighted by Crippen LogP contribution is 1.99. The maximum absolute atomic E-state index is 10.8. The van der Waals surface area contributed by atoms with Crippen LogP contribution >= 0.6 is 11.3 Å². The molecule has 1 aromatic heterocycles. The normalized spacial score (nSPS) is 9.54. The average Bonchev–Trinajstić information content (AvgIpc) is 2.51. The molecule has 13 heavy (non-hydrogen) atoms. The molecule has 0 aliphatic rings. The third-order valence-corrected chi connectivity index (χ3v) is 1.90. The van der Waals surface area contributed by atoms with Gasteiger partial charge in [-0.1, -0.05) is 0 Å². The van der Waals surface area contributed by atoms with E-state index < -0.39 is 18.3 Å². The van der Waals surface area contributed by atoms with Crippen molar-refractivity contribution in [1.29, 1.82) is 0 Å². The van der Waals surface area contributed by atoms with E-state index in [4.69, 9.17) is 5.11 Å². The molecular weight excluding hydrogens is 192 g/mol. The van der Waals surface area contributed by atoms with Gasteiger partial charge in [-0.3, -0.25) is 9.59 Å². The van der Waals surface area contributed by atoms with Gasteiger partial charge in [-0.2, -0.15) is 0 Å². The molecule has 0 spiro atoms. The van der Waals surface area contributed by atoms with Crippen molar-refractivity contribution in [2.75, 3.05) is 0 Å². The Hall–Kier alpha value is -1.43. The van der Waals surface area contributed by atoms with Gasteiger partial charge in [-0.25, -0.2) is 4.98 Å². The first-order valence-electron chi connectivity index (χ1n) is 3.54. The lowest BCUT2D eigenvalue weighted by molar-refractivity contribution is -0.140. The second-order valence-electron chi connectivity index (χ2n) is 2.33. The summed E-state index contributed by atoms with van der Waals surface area (Å²) in [7, 11) is 0. The van der Waals surface area contributed by atoms with Gasteiger partial charge in [0.1, 0.15) is 6.42 Å². The van der Waals surface area contributed by atoms with Crippen molar-refractivity contribution >= 4 is 23.2 Å². The third kappa shape index (κ3) is 3.66. The number of carbonyl (C=O) groups excluding carboxylic acids is 1. The van der Waals surface area contributed by atoms with Crippen molar-refractivity contribution in [1.82, 2.24) is 10.3 Å². The molecule has 0 bridgehead atoms. The van der Waals surface area contributed by atoms with Crippen LogP contribution in [0.25, 0.3) is 0 Å². The Balaban J connectivity index is 2.27. The van der Waals surface area contributed by atoms with Gasteiger partial charge in [0.05, 0.1) is 17.7 Å². The summed E-state index contributed by atoms with van der Waals surface area (Å²) in [5.41, 5.74) is 2.39. The van der Waals surface area contributed by atoms with Crippen LogP contribution in [-0.2, 0) is 16.1 Å². The molecule has 0 saturated carbocycles. The Morgan fingerprint density at radius 3 is 2.92 bits per heavy atom. The third-order valence-electron chi connectivity index (χ3n) is 1.26. The van der Waals surface area contributed by atoms with Gasteiger partial charge in [-0.05, 0) is 0 Å². The second-order valence-corrected chi connectivity index (χ2v) is 3.05. The van der Waals surface area contributed by atoms with Crippen molar-refractivity contribution < 1.29 is 14.7 Å². The zero-order valence-corrected chi connectivity index (χ0v) is 7.50. The van der Waals surface area contributed by atoms with E-state index in [0.717, 1.165) is 5.69 Å². The summed E-state index contributed by atoms with van der Waals surface area (Å²) in [6, 6.07) is 0. The average molecular weight is 200 g/mol. The van der Waals surface area contributed by atoms with Gasteiger partial charge >= 0.3 is 5.97 Å². The summed E-state index contributed by atoms with van der Waals surface area (Å²) in [5.74, 6) is -1.63. The van der Waals surface area contributed by atoms with E-state index in [-0.39, 0.29) is 6.54 Å². The number of hydrogen-bond acceptors (Lipinski definition) is 4. The zero-order valence-electron chi connectivity index (χ0n) is 6.69. The summed E-state index contributed by atoms with van der Waals surface area (Å²) in [6.45, 7) is 0.287. The summed E-state index contributed by atoms with van der Waals surface area (Å²) in [4.78, 5) is 24.9. The lowest BCUT2D eigenvalue weighted by Crippen LogP contribution is -2.25. The van der Waals surface area contributed by atoms with E-state index in [1.54, 1.807) is 10.9 Å². The molecule has 0 saturated heterocycles. The van der Waals surface area contributed by atoms with E-state index in [2.05, 4.69) is 10.3 Å². The van der Waals surface area contributed by atoms with E-state index in [0.29, 0.717) is 0 Å². The number of carboxylic acid groups (broad SMARTS) is 1. The molecule has 1 rings (SSSR count). The van der Waals surface area contributed by atoms with Gasteiger partial charge in [0, 0.05) is 5.38 Å². The highest BCUT2D eigenvalue weighted by molar-refractivity contribution is 7.07. The van der Waals surface area contributed by atoms with Gasteiger partial charge in [0.15, 0.2) is 0 Å². The first-order chi connectivity index (χ1) is 6.18. The molecule has 0 fully saturated rings. The maximum atomic E-state index is 10.8. The molecule has 1 amide bonds. The minimum absolute atomic E-state index is 0.287. The lowest BCUT2D eigenvalue weighted by Gasteiger charge is -1.99. The molecule has 1 aromatic rings. The SMILES string of the molecule is O=C(O)CC(=O)NCc1cscn1. The number of thiazole rings is 1. The first-order valence-corrected chi connectivity index (χ1v) is 4.48. The number of aromatic nitrogens is 1. The number of carboxylic acids is 1. The number of nitrogens with zero attached hydrogens (tertiary/aromatic N) is 1. The van der Waals surface area contributed by atoms with Crippen molar-refractivity contribution in [2.24, 2.45) is 0 Å². The number of amides is 1. The fraction of sp³-hybridized carbons (Fsp3) is 0.286. The van der Waals surface area contributed by atoms with Crippen LogP contribution in [0.15, 0.2) is 10.9 Å². The summed E-state index contributed by atoms with van der Waals surface area (Å²) >= 11 is 1.43. The van der Waals surface area contributed by atoms with Crippen LogP contribution in [0.3, 0.4) is 0 Å². The molecule has 0 aromatic carbocycles. The largest absolute Gasteiger partial charge is 0.481 e. The quantitative estimate of drug-likeness (QED) is 0.682. The summed E-state index contributed by atoms with van der Waals surface area (Å²) < 4.78 is 0. The summed E-state index contributed by atoms with van der Waals surface area (Å²) in [5, 5.41) is 12.5. The number of aliphatic carboxylic acids is 1. The Kier molecular flexibility index (Phi) is 3.39. The molecule has 0 atom stereocenters. The van der Waals surface area contributed by atoms with Crippen LogP contribution in [0, 0.1) is 0 Å². The van der Waals surface area contributed by atoms with Crippen molar-refractivity contribution in [3.63, 3.8) is 0 Å². The van der Waals surface area contributed by atoms with Gasteiger partial charge in [-0.15, -0.1) is 11.3 Å². The fourth-order valence-corrected chi connectivity index (χ4v) is 1.27. The van der Waals surface area contributed by atoms with Gasteiger partial charge < -0.3 is 10.4 Å². The van der Waals surface area contributed by atoms with Crippen LogP contribution in [0.1, 0.15) is 12.1 Å². The molecule has 1 heterocycles. The maximum Gasteiger partial charge on any atom is 0.312 e. The first kappa shape index (κ1) is 9.66. The van der Waals surface area contributed by atoms with Crippen LogP contribution in [-0.4, -0.2) is 22.0 Å². The lowest BCUT2D eigenvalue weighted by atomic mass is 10.4. The van der Waals surface area contributed by atoms with Crippen molar-refractivity contribution in [3.05, 3.63) is 16.6 Å². The molecule has 0 aliphatic carbocycles. The molecule has 0 aliphatic heterocycles. The molecular formula is C7H8N2O3S. The van der Waals surface area contributed by atoms with Crippen molar-refractivity contribution in [2.45, 2.75) is 13.0 Å². The minimum Gasteiger partial charge on any atom is -0.481 e. The molecule has 5 nitrogen and oxygen atoms in total. The minimum atomic E-state index is -1.13. The molecule has 2 N–H and O–H groups in total. The molecule has 0 radical (unpaired) electrons.